The Morgan fingerprint density at radius 2 is 1.85 bits per heavy atom. The minimum atomic E-state index is -1.57. The number of hydrogen-bond donors (Lipinski definition) is 4. The molecule has 4 bridgehead atoms. The van der Waals surface area contributed by atoms with Gasteiger partial charge in [0, 0.05) is 53.9 Å². The highest BCUT2D eigenvalue weighted by Gasteiger charge is 2.64. The second-order valence-electron chi connectivity index (χ2n) is 14.8. The molecule has 0 saturated carbocycles. The van der Waals surface area contributed by atoms with Gasteiger partial charge in [0.05, 0.1) is 37.6 Å². The van der Waals surface area contributed by atoms with E-state index in [-0.39, 0.29) is 36.4 Å². The first kappa shape index (κ1) is 36.0. The first-order chi connectivity index (χ1) is 26.4. The number of methoxy groups -OCH3 is 2. The molecule has 2 saturated heterocycles. The molecule has 290 valence electrons. The lowest BCUT2D eigenvalue weighted by molar-refractivity contribution is -0.186. The lowest BCUT2D eigenvalue weighted by Crippen LogP contribution is -2.70. The van der Waals surface area contributed by atoms with Crippen molar-refractivity contribution in [1.82, 2.24) is 15.1 Å². The van der Waals surface area contributed by atoms with E-state index in [1.165, 1.54) is 32.9 Å². The van der Waals surface area contributed by atoms with Gasteiger partial charge in [0.15, 0.2) is 39.4 Å². The van der Waals surface area contributed by atoms with Gasteiger partial charge in [-0.15, -0.1) is 18.3 Å². The summed E-state index contributed by atoms with van der Waals surface area (Å²) in [6, 6.07) is 2.73. The summed E-state index contributed by atoms with van der Waals surface area (Å²) in [5, 5.41) is 38.5. The molecule has 3 aromatic rings. The lowest BCUT2D eigenvalue weighted by atomic mass is 9.72. The quantitative estimate of drug-likeness (QED) is 0.167. The molecular weight excluding hydrogens is 731 g/mol. The van der Waals surface area contributed by atoms with Gasteiger partial charge in [-0.3, -0.25) is 19.9 Å². The maximum absolute atomic E-state index is 14.9. The zero-order chi connectivity index (χ0) is 38.7. The highest BCUT2D eigenvalue weighted by atomic mass is 32.2. The van der Waals surface area contributed by atoms with Crippen molar-refractivity contribution < 1.29 is 53.3 Å². The number of aliphatic hydroxyl groups is 1. The number of phenols is 2. The van der Waals surface area contributed by atoms with Crippen molar-refractivity contribution in [1.29, 1.82) is 0 Å². The van der Waals surface area contributed by atoms with Crippen molar-refractivity contribution in [3.05, 3.63) is 75.4 Å². The third-order valence-corrected chi connectivity index (χ3v) is 13.7. The number of carbonyl (C=O) groups excluding carboxylic acids is 2. The number of thioether (sulfide) groups is 1. The number of aromatic hydroxyl groups is 2. The van der Waals surface area contributed by atoms with Crippen molar-refractivity contribution in [3.8, 4) is 40.2 Å². The number of nitrogens with zero attached hydrogens (tertiary/aromatic N) is 2. The van der Waals surface area contributed by atoms with E-state index in [0.717, 1.165) is 16.7 Å². The van der Waals surface area contributed by atoms with Crippen LogP contribution in [0.2, 0.25) is 0 Å². The number of carbonyl (C=O) groups is 2. The van der Waals surface area contributed by atoms with E-state index in [0.29, 0.717) is 71.0 Å². The molecule has 0 amide bonds. The topological polar surface area (TPSA) is 169 Å². The van der Waals surface area contributed by atoms with Gasteiger partial charge < -0.3 is 43.7 Å². The standard InChI is InChI=1S/C40H43N3O11S/c1-7-10-42-23-12-21-11-17(2)33(50-6)32(46)27(21)30(42)31-37-29-28(36-35(52-16-53-36)18(3)34(29)54-19(4)44)24(43(31)38(23)47)15-51-39(48)40(55-37)22-14-26(49-5)25(45)13-20(22)8-9-41-40/h7,11,13-14,23-24,30-31,37-38,41,45-47H,1,8-10,12,15-16H2,2-6H3/t23?,24-,30?,31+,37+,38-,40-/m0/s1. The van der Waals surface area contributed by atoms with E-state index < -0.39 is 52.5 Å². The van der Waals surface area contributed by atoms with Crippen LogP contribution in [-0.2, 0) is 32.0 Å². The van der Waals surface area contributed by atoms with E-state index in [1.54, 1.807) is 25.1 Å². The number of nitrogens with one attached hydrogen (secondary N) is 1. The zero-order valence-corrected chi connectivity index (χ0v) is 32.0. The van der Waals surface area contributed by atoms with E-state index in [4.69, 9.17) is 28.4 Å². The van der Waals surface area contributed by atoms with Crippen LogP contribution in [0.5, 0.6) is 40.2 Å². The molecule has 14 nitrogen and oxygen atoms in total. The molecular formula is C40H43N3O11S. The summed E-state index contributed by atoms with van der Waals surface area (Å²) in [5.74, 6) is 0.452. The number of phenolic OH excluding ortho intramolecular Hbond substituents is 2. The number of hydrogen-bond acceptors (Lipinski definition) is 15. The SMILES string of the molecule is C=CCN1C2c3c(cc(C)c(OC)c3O)CC1[C@H](O)N1[C@H]2[C@@H]2S[C@]3(NCCc4cc(O)c(OC)cc43)C(=O)OC[C@H]1c1c3c(c(C)c(OC(C)=O)c12)OCO3. The highest BCUT2D eigenvalue weighted by molar-refractivity contribution is 8.01. The fourth-order valence-corrected chi connectivity index (χ4v) is 11.8. The number of rotatable bonds is 5. The molecule has 7 atom stereocenters. The minimum absolute atomic E-state index is 0.00205. The molecule has 10 rings (SSSR count). The molecule has 0 aromatic heterocycles. The smallest absolute Gasteiger partial charge is 0.341 e. The van der Waals surface area contributed by atoms with Crippen molar-refractivity contribution in [2.24, 2.45) is 0 Å². The van der Waals surface area contributed by atoms with Crippen LogP contribution in [0.25, 0.3) is 0 Å². The Hall–Kier alpha value is -4.67. The molecule has 2 unspecified atom stereocenters. The van der Waals surface area contributed by atoms with Crippen LogP contribution in [0.4, 0.5) is 0 Å². The Morgan fingerprint density at radius 1 is 1.07 bits per heavy atom. The third-order valence-electron chi connectivity index (χ3n) is 12.1. The number of esters is 2. The number of ether oxygens (including phenoxy) is 6. The van der Waals surface area contributed by atoms with Gasteiger partial charge in [0.25, 0.3) is 0 Å². The van der Waals surface area contributed by atoms with E-state index in [2.05, 4.69) is 16.8 Å². The minimum Gasteiger partial charge on any atom is -0.504 e. The Morgan fingerprint density at radius 3 is 2.58 bits per heavy atom. The second kappa shape index (κ2) is 12.9. The Labute approximate surface area is 321 Å². The summed E-state index contributed by atoms with van der Waals surface area (Å²) >= 11 is 1.27. The van der Waals surface area contributed by atoms with Crippen LogP contribution in [0.1, 0.15) is 68.8 Å². The zero-order valence-electron chi connectivity index (χ0n) is 31.1. The van der Waals surface area contributed by atoms with E-state index in [9.17, 15) is 24.9 Å². The van der Waals surface area contributed by atoms with Crippen LogP contribution in [0, 0.1) is 13.8 Å². The third kappa shape index (κ3) is 4.96. The van der Waals surface area contributed by atoms with Crippen LogP contribution in [0.3, 0.4) is 0 Å². The van der Waals surface area contributed by atoms with E-state index in [1.807, 2.05) is 17.9 Å². The molecule has 0 radical (unpaired) electrons. The number of fused-ring (bicyclic) bond motifs is 8. The number of benzene rings is 3. The van der Waals surface area contributed by atoms with Gasteiger partial charge >= 0.3 is 11.9 Å². The molecule has 7 heterocycles. The van der Waals surface area contributed by atoms with Crippen molar-refractivity contribution in [2.75, 3.05) is 40.7 Å². The average Bonchev–Trinajstić information content (AvgIpc) is 3.67. The maximum atomic E-state index is 14.9. The predicted molar refractivity (Wildman–Crippen MR) is 199 cm³/mol. The molecule has 4 N–H and O–H groups in total. The molecule has 15 heteroatoms. The average molecular weight is 774 g/mol. The first-order valence-electron chi connectivity index (χ1n) is 18.3. The van der Waals surface area contributed by atoms with Gasteiger partial charge in [-0.25, -0.2) is 4.79 Å². The molecule has 55 heavy (non-hydrogen) atoms. The van der Waals surface area contributed by atoms with Gasteiger partial charge in [0.2, 0.25) is 6.79 Å². The van der Waals surface area contributed by atoms with Crippen molar-refractivity contribution in [3.63, 3.8) is 0 Å². The molecule has 7 aliphatic rings. The second-order valence-corrected chi connectivity index (χ2v) is 16.2. The summed E-state index contributed by atoms with van der Waals surface area (Å²) in [6.07, 6.45) is 1.59. The highest BCUT2D eigenvalue weighted by Crippen LogP contribution is 2.66. The van der Waals surface area contributed by atoms with Crippen LogP contribution >= 0.6 is 11.8 Å². The summed E-state index contributed by atoms with van der Waals surface area (Å²) in [5.41, 5.74) is 5.29. The van der Waals surface area contributed by atoms with E-state index >= 15 is 0 Å². The summed E-state index contributed by atoms with van der Waals surface area (Å²) in [6.45, 7) is 9.53. The monoisotopic (exact) mass is 773 g/mol. The maximum Gasteiger partial charge on any atom is 0.341 e. The Bertz CT molecular complexity index is 2180. The van der Waals surface area contributed by atoms with Crippen LogP contribution in [-0.4, -0.2) is 96.1 Å². The molecule has 2 fully saturated rings. The summed E-state index contributed by atoms with van der Waals surface area (Å²) in [4.78, 5) is 30.5. The normalized spacial score (nSPS) is 28.8. The number of piperazine rings is 1. The van der Waals surface area contributed by atoms with Crippen molar-refractivity contribution in [2.45, 2.75) is 74.1 Å². The summed E-state index contributed by atoms with van der Waals surface area (Å²) < 4.78 is 36.1. The first-order valence-corrected chi connectivity index (χ1v) is 19.2. The van der Waals surface area contributed by atoms with Crippen LogP contribution < -0.4 is 29.0 Å². The molecule has 0 aliphatic carbocycles. The van der Waals surface area contributed by atoms with Gasteiger partial charge in [-0.2, -0.15) is 0 Å². The molecule has 3 aromatic carbocycles. The lowest BCUT2D eigenvalue weighted by Gasteiger charge is -2.62. The predicted octanol–water partition coefficient (Wildman–Crippen LogP) is 3.93. The number of aryl methyl sites for hydroxylation is 1. The van der Waals surface area contributed by atoms with Gasteiger partial charge in [-0.1, -0.05) is 12.1 Å². The Kier molecular flexibility index (Phi) is 8.48. The number of aliphatic hydroxyl groups excluding tert-OH is 1. The van der Waals surface area contributed by atoms with Crippen LogP contribution in [0.15, 0.2) is 30.9 Å². The van der Waals surface area contributed by atoms with Gasteiger partial charge in [-0.05, 0) is 55.5 Å². The van der Waals surface area contributed by atoms with Gasteiger partial charge in [0.1, 0.15) is 18.6 Å². The fraction of sp³-hybridized carbons (Fsp3) is 0.450. The molecule has 1 spiro atoms. The fourth-order valence-electron chi connectivity index (χ4n) is 10.0. The summed E-state index contributed by atoms with van der Waals surface area (Å²) in [7, 11) is 2.97. The molecule has 7 aliphatic heterocycles. The Balaban J connectivity index is 1.39. The largest absolute Gasteiger partial charge is 0.504 e. The van der Waals surface area contributed by atoms with Crippen molar-refractivity contribution >= 4 is 23.7 Å².